The molecule has 1 saturated heterocycles. The van der Waals surface area contributed by atoms with E-state index in [4.69, 9.17) is 0 Å². The zero-order valence-corrected chi connectivity index (χ0v) is 16.8. The van der Waals surface area contributed by atoms with Crippen LogP contribution in [0.5, 0.6) is 0 Å². The van der Waals surface area contributed by atoms with E-state index in [1.165, 1.54) is 4.88 Å². The number of anilines is 1. The number of likely N-dealkylation sites (tertiary alicyclic amines) is 1. The van der Waals surface area contributed by atoms with E-state index in [0.29, 0.717) is 18.2 Å². The van der Waals surface area contributed by atoms with Crippen LogP contribution in [0.3, 0.4) is 0 Å². The molecule has 0 saturated carbocycles. The fourth-order valence-electron chi connectivity index (χ4n) is 3.55. The molecule has 6 heteroatoms. The third-order valence-electron chi connectivity index (χ3n) is 5.17. The lowest BCUT2D eigenvalue weighted by Crippen LogP contribution is -2.42. The first-order chi connectivity index (χ1) is 13.0. The van der Waals surface area contributed by atoms with Gasteiger partial charge in [0.1, 0.15) is 0 Å². The summed E-state index contributed by atoms with van der Waals surface area (Å²) in [5.41, 5.74) is 2.61. The van der Waals surface area contributed by atoms with Crippen molar-refractivity contribution in [2.45, 2.75) is 32.6 Å². The van der Waals surface area contributed by atoms with Crippen LogP contribution in [0.1, 0.15) is 34.8 Å². The quantitative estimate of drug-likeness (QED) is 0.777. The second-order valence-corrected chi connectivity index (χ2v) is 8.09. The molecule has 0 bridgehead atoms. The van der Waals surface area contributed by atoms with Gasteiger partial charge in [-0.1, -0.05) is 24.3 Å². The number of thiophene rings is 1. The normalized spacial score (nSPS) is 15.5. The molecule has 1 aromatic carbocycles. The predicted octanol–water partition coefficient (Wildman–Crippen LogP) is 3.30. The second kappa shape index (κ2) is 9.15. The van der Waals surface area contributed by atoms with Crippen LogP contribution in [0, 0.1) is 13.8 Å². The maximum Gasteiger partial charge on any atom is 0.313 e. The topological polar surface area (TPSA) is 61.4 Å². The highest BCUT2D eigenvalue weighted by atomic mass is 32.1. The lowest BCUT2D eigenvalue weighted by atomic mass is 9.95. The molecule has 0 atom stereocenters. The minimum atomic E-state index is -0.608. The van der Waals surface area contributed by atoms with Crippen LogP contribution in [0.25, 0.3) is 0 Å². The molecular weight excluding hydrogens is 358 g/mol. The molecule has 1 fully saturated rings. The zero-order chi connectivity index (χ0) is 19.2. The number of nitrogens with one attached hydrogen (secondary N) is 2. The largest absolute Gasteiger partial charge is 0.347 e. The van der Waals surface area contributed by atoms with Crippen LogP contribution < -0.4 is 10.6 Å². The molecule has 0 radical (unpaired) electrons. The van der Waals surface area contributed by atoms with Crippen molar-refractivity contribution in [2.75, 3.05) is 31.5 Å². The summed E-state index contributed by atoms with van der Waals surface area (Å²) in [5, 5.41) is 7.60. The molecule has 1 aliphatic rings. The van der Waals surface area contributed by atoms with Gasteiger partial charge in [-0.15, -0.1) is 11.3 Å². The number of aryl methyl sites for hydroxylation is 2. The molecular formula is C21H27N3O2S. The van der Waals surface area contributed by atoms with Gasteiger partial charge in [-0.25, -0.2) is 0 Å². The third-order valence-corrected chi connectivity index (χ3v) is 6.21. The van der Waals surface area contributed by atoms with E-state index in [1.807, 2.05) is 43.4 Å². The molecule has 2 N–H and O–H groups in total. The lowest BCUT2D eigenvalue weighted by molar-refractivity contribution is -0.136. The van der Waals surface area contributed by atoms with Gasteiger partial charge in [0.05, 0.1) is 0 Å². The van der Waals surface area contributed by atoms with E-state index >= 15 is 0 Å². The van der Waals surface area contributed by atoms with Crippen molar-refractivity contribution in [3.05, 3.63) is 51.7 Å². The van der Waals surface area contributed by atoms with Crippen molar-refractivity contribution >= 4 is 28.8 Å². The van der Waals surface area contributed by atoms with Gasteiger partial charge in [-0.3, -0.25) is 9.59 Å². The Morgan fingerprint density at radius 1 is 1.07 bits per heavy atom. The van der Waals surface area contributed by atoms with Crippen LogP contribution in [-0.4, -0.2) is 42.9 Å². The Hall–Kier alpha value is -2.18. The molecule has 1 aromatic heterocycles. The molecule has 144 valence electrons. The van der Waals surface area contributed by atoms with Gasteiger partial charge in [-0.05, 0) is 68.3 Å². The zero-order valence-electron chi connectivity index (χ0n) is 16.0. The number of carbonyl (C=O) groups is 2. The van der Waals surface area contributed by atoms with Crippen LogP contribution in [0.2, 0.25) is 0 Å². The van der Waals surface area contributed by atoms with Crippen molar-refractivity contribution in [1.82, 2.24) is 10.2 Å². The van der Waals surface area contributed by atoms with Gasteiger partial charge in [0.2, 0.25) is 0 Å². The van der Waals surface area contributed by atoms with E-state index in [9.17, 15) is 9.59 Å². The van der Waals surface area contributed by atoms with E-state index in [-0.39, 0.29) is 0 Å². The highest BCUT2D eigenvalue weighted by Crippen LogP contribution is 2.30. The average Bonchev–Trinajstić information content (AvgIpc) is 3.20. The first-order valence-corrected chi connectivity index (χ1v) is 10.3. The first-order valence-electron chi connectivity index (χ1n) is 9.45. The lowest BCUT2D eigenvalue weighted by Gasteiger charge is -2.31. The molecule has 0 unspecified atom stereocenters. The Bertz CT molecular complexity index is 760. The van der Waals surface area contributed by atoms with E-state index in [1.54, 1.807) is 0 Å². The number of hydrogen-bond donors (Lipinski definition) is 2. The fraction of sp³-hybridized carbons (Fsp3) is 0.429. The molecule has 1 aliphatic heterocycles. The Balaban J connectivity index is 1.39. The molecule has 2 heterocycles. The summed E-state index contributed by atoms with van der Waals surface area (Å²) in [7, 11) is 0. The van der Waals surface area contributed by atoms with E-state index in [0.717, 1.165) is 43.6 Å². The van der Waals surface area contributed by atoms with Gasteiger partial charge in [-0.2, -0.15) is 0 Å². The molecule has 27 heavy (non-hydrogen) atoms. The number of para-hydroxylation sites is 1. The maximum absolute atomic E-state index is 12.1. The summed E-state index contributed by atoms with van der Waals surface area (Å²) in [4.78, 5) is 28.0. The second-order valence-electron chi connectivity index (χ2n) is 7.11. The van der Waals surface area contributed by atoms with E-state index < -0.39 is 11.8 Å². The van der Waals surface area contributed by atoms with E-state index in [2.05, 4.69) is 33.0 Å². The van der Waals surface area contributed by atoms with Crippen LogP contribution in [0.4, 0.5) is 5.69 Å². The SMILES string of the molecule is Cc1cccc(C)c1NC(=O)C(=O)NCCN1CCC(c2cccs2)CC1. The van der Waals surface area contributed by atoms with Crippen molar-refractivity contribution < 1.29 is 9.59 Å². The molecule has 2 amide bonds. The summed E-state index contributed by atoms with van der Waals surface area (Å²) >= 11 is 1.84. The number of amides is 2. The van der Waals surface area contributed by atoms with Crippen LogP contribution in [-0.2, 0) is 9.59 Å². The smallest absolute Gasteiger partial charge is 0.313 e. The van der Waals surface area contributed by atoms with Crippen LogP contribution >= 0.6 is 11.3 Å². The van der Waals surface area contributed by atoms with Crippen molar-refractivity contribution in [3.8, 4) is 0 Å². The standard InChI is InChI=1S/C21H27N3O2S/c1-15-5-3-6-16(2)19(15)23-21(26)20(25)22-10-13-24-11-8-17(9-12-24)18-7-4-14-27-18/h3-7,14,17H,8-13H2,1-2H3,(H,22,25)(H,23,26). The molecule has 0 spiro atoms. The summed E-state index contributed by atoms with van der Waals surface area (Å²) in [6.45, 7) is 7.17. The van der Waals surface area contributed by atoms with Crippen molar-refractivity contribution in [2.24, 2.45) is 0 Å². The number of carbonyl (C=O) groups excluding carboxylic acids is 2. The van der Waals surface area contributed by atoms with Gasteiger partial charge >= 0.3 is 11.8 Å². The summed E-state index contributed by atoms with van der Waals surface area (Å²) in [6.07, 6.45) is 2.31. The summed E-state index contributed by atoms with van der Waals surface area (Å²) in [6, 6.07) is 10.1. The number of nitrogens with zero attached hydrogens (tertiary/aromatic N) is 1. The third kappa shape index (κ3) is 5.17. The highest BCUT2D eigenvalue weighted by molar-refractivity contribution is 7.10. The Labute approximate surface area is 164 Å². The van der Waals surface area contributed by atoms with Gasteiger partial charge in [0, 0.05) is 23.7 Å². The predicted molar refractivity (Wildman–Crippen MR) is 110 cm³/mol. The maximum atomic E-state index is 12.1. The minimum absolute atomic E-state index is 0.489. The Morgan fingerprint density at radius 3 is 2.41 bits per heavy atom. The molecule has 0 aliphatic carbocycles. The summed E-state index contributed by atoms with van der Waals surface area (Å²) < 4.78 is 0. The number of piperidine rings is 1. The molecule has 3 rings (SSSR count). The highest BCUT2D eigenvalue weighted by Gasteiger charge is 2.21. The Kier molecular flexibility index (Phi) is 6.63. The monoisotopic (exact) mass is 385 g/mol. The minimum Gasteiger partial charge on any atom is -0.347 e. The van der Waals surface area contributed by atoms with Gasteiger partial charge in [0.15, 0.2) is 0 Å². The average molecular weight is 386 g/mol. The van der Waals surface area contributed by atoms with Gasteiger partial charge < -0.3 is 15.5 Å². The van der Waals surface area contributed by atoms with Gasteiger partial charge in [0.25, 0.3) is 0 Å². The molecule has 5 nitrogen and oxygen atoms in total. The number of benzene rings is 1. The first kappa shape index (κ1) is 19.6. The number of rotatable bonds is 5. The van der Waals surface area contributed by atoms with Crippen LogP contribution in [0.15, 0.2) is 35.7 Å². The number of hydrogen-bond acceptors (Lipinski definition) is 4. The van der Waals surface area contributed by atoms with Crippen molar-refractivity contribution in [1.29, 1.82) is 0 Å². The van der Waals surface area contributed by atoms with Crippen molar-refractivity contribution in [3.63, 3.8) is 0 Å². The Morgan fingerprint density at radius 2 is 1.78 bits per heavy atom. The summed E-state index contributed by atoms with van der Waals surface area (Å²) in [5.74, 6) is -0.520. The molecule has 2 aromatic rings. The fourth-order valence-corrected chi connectivity index (χ4v) is 4.45.